The lowest BCUT2D eigenvalue weighted by Crippen LogP contribution is -2.44. The lowest BCUT2D eigenvalue weighted by molar-refractivity contribution is -0.190. The molecule has 3 aromatic rings. The Bertz CT molecular complexity index is 1510. The van der Waals surface area contributed by atoms with Crippen LogP contribution >= 0.6 is 11.6 Å². The summed E-state index contributed by atoms with van der Waals surface area (Å²) in [5, 5.41) is 4.73. The van der Waals surface area contributed by atoms with Crippen LogP contribution in [-0.2, 0) is 19.9 Å². The zero-order chi connectivity index (χ0) is 28.3. The highest BCUT2D eigenvalue weighted by Crippen LogP contribution is 2.44. The predicted molar refractivity (Wildman–Crippen MR) is 144 cm³/mol. The smallest absolute Gasteiger partial charge is 0.339 e. The molecule has 0 radical (unpaired) electrons. The van der Waals surface area contributed by atoms with Gasteiger partial charge in [-0.05, 0) is 37.0 Å². The molecule has 2 aliphatic rings. The standard InChI is InChI=1S/C26H30ClF3N6O2S/c1-25(2)10-11-35(19-15-32-21-14-20(27)33-36(21)23(19)25)18-6-4-16(5-7-18)22(26(28,29)30)34(3)24(37)17-8-12-39(31,38)13-9-17/h4-7,14-15,17,22,31H,8-13H2,1-3H3/t17?,22-,39?/m0/s1. The number of amides is 1. The van der Waals surface area contributed by atoms with Crippen LogP contribution in [0.4, 0.5) is 24.5 Å². The molecule has 1 N–H and O–H groups in total. The summed E-state index contributed by atoms with van der Waals surface area (Å²) in [6.07, 6.45) is -1.88. The third-order valence-corrected chi connectivity index (χ3v) is 9.81. The van der Waals surface area contributed by atoms with Gasteiger partial charge in [0, 0.05) is 57.9 Å². The summed E-state index contributed by atoms with van der Waals surface area (Å²) in [5.41, 5.74) is 2.74. The molecule has 1 amide bonds. The average molecular weight is 583 g/mol. The minimum Gasteiger partial charge on any atom is -0.339 e. The van der Waals surface area contributed by atoms with E-state index in [0.717, 1.165) is 29.7 Å². The number of alkyl halides is 3. The molecule has 8 nitrogen and oxygen atoms in total. The first-order valence-corrected chi connectivity index (χ1v) is 15.0. The Kier molecular flexibility index (Phi) is 6.85. The number of carbonyl (C=O) groups excluding carboxylic acids is 1. The van der Waals surface area contributed by atoms with Gasteiger partial charge in [-0.25, -0.2) is 13.7 Å². The number of hydrogen-bond acceptors (Lipinski definition) is 6. The SMILES string of the molecule is CN(C(=O)C1CCS(=N)(=O)CC1)[C@@H](c1ccc(N2CCC(C)(C)c3c2cnc2cc(Cl)nn32)cc1)C(F)(F)F. The molecule has 2 aliphatic heterocycles. The number of nitrogens with zero attached hydrogens (tertiary/aromatic N) is 5. The number of hydrogen-bond donors (Lipinski definition) is 1. The van der Waals surface area contributed by atoms with Gasteiger partial charge in [-0.1, -0.05) is 37.6 Å². The van der Waals surface area contributed by atoms with Gasteiger partial charge in [0.25, 0.3) is 0 Å². The first kappa shape index (κ1) is 27.7. The van der Waals surface area contributed by atoms with Gasteiger partial charge in [0.15, 0.2) is 16.8 Å². The highest BCUT2D eigenvalue weighted by Gasteiger charge is 2.46. The molecule has 1 atom stereocenters. The fraction of sp³-hybridized carbons (Fsp3) is 0.500. The van der Waals surface area contributed by atoms with Crippen molar-refractivity contribution in [1.82, 2.24) is 19.5 Å². The summed E-state index contributed by atoms with van der Waals surface area (Å²) < 4.78 is 64.2. The largest absolute Gasteiger partial charge is 0.413 e. The average Bonchev–Trinajstić information content (AvgIpc) is 3.23. The summed E-state index contributed by atoms with van der Waals surface area (Å²) in [7, 11) is -1.58. The van der Waals surface area contributed by atoms with E-state index in [1.807, 2.05) is 4.90 Å². The molecule has 1 saturated heterocycles. The molecule has 0 spiro atoms. The van der Waals surface area contributed by atoms with Crippen LogP contribution in [0, 0.1) is 10.7 Å². The van der Waals surface area contributed by atoms with Crippen LogP contribution in [-0.4, -0.2) is 60.9 Å². The molecule has 1 fully saturated rings. The Morgan fingerprint density at radius 1 is 1.23 bits per heavy atom. The molecule has 1 aromatic carbocycles. The van der Waals surface area contributed by atoms with Crippen molar-refractivity contribution in [2.24, 2.45) is 5.92 Å². The predicted octanol–water partition coefficient (Wildman–Crippen LogP) is 5.72. The maximum Gasteiger partial charge on any atom is 0.413 e. The van der Waals surface area contributed by atoms with E-state index in [0.29, 0.717) is 23.0 Å². The molecule has 39 heavy (non-hydrogen) atoms. The van der Waals surface area contributed by atoms with E-state index in [1.165, 1.54) is 12.1 Å². The number of fused-ring (bicyclic) bond motifs is 3. The Morgan fingerprint density at radius 3 is 2.49 bits per heavy atom. The number of rotatable bonds is 4. The molecule has 0 unspecified atom stereocenters. The minimum absolute atomic E-state index is 0.0304. The number of nitrogens with one attached hydrogen (secondary N) is 1. The Hall–Kier alpha value is -2.86. The van der Waals surface area contributed by atoms with Crippen molar-refractivity contribution >= 4 is 44.3 Å². The van der Waals surface area contributed by atoms with E-state index < -0.39 is 33.8 Å². The van der Waals surface area contributed by atoms with Crippen molar-refractivity contribution in [2.75, 3.05) is 30.0 Å². The maximum absolute atomic E-state index is 14.3. The second kappa shape index (κ2) is 9.65. The van der Waals surface area contributed by atoms with Crippen LogP contribution in [0.25, 0.3) is 5.65 Å². The van der Waals surface area contributed by atoms with E-state index in [4.69, 9.17) is 16.4 Å². The van der Waals surface area contributed by atoms with Crippen molar-refractivity contribution in [3.05, 3.63) is 52.9 Å². The molecule has 0 bridgehead atoms. The molecule has 0 saturated carbocycles. The van der Waals surface area contributed by atoms with Gasteiger partial charge in [0.2, 0.25) is 5.91 Å². The van der Waals surface area contributed by atoms with Gasteiger partial charge in [-0.15, -0.1) is 0 Å². The van der Waals surface area contributed by atoms with Crippen LogP contribution < -0.4 is 4.90 Å². The fourth-order valence-corrected chi connectivity index (χ4v) is 7.38. The third-order valence-electron chi connectivity index (χ3n) is 7.83. The molecule has 0 aliphatic carbocycles. The van der Waals surface area contributed by atoms with E-state index >= 15 is 0 Å². The Balaban J connectivity index is 1.45. The second-order valence-electron chi connectivity index (χ2n) is 11.0. The van der Waals surface area contributed by atoms with Gasteiger partial charge in [-0.2, -0.15) is 18.3 Å². The Labute approximate surface area is 230 Å². The van der Waals surface area contributed by atoms with Crippen LogP contribution in [0.5, 0.6) is 0 Å². The quantitative estimate of drug-likeness (QED) is 0.424. The first-order chi connectivity index (χ1) is 18.2. The van der Waals surface area contributed by atoms with E-state index in [9.17, 15) is 22.2 Å². The lowest BCUT2D eigenvalue weighted by Gasteiger charge is -2.40. The van der Waals surface area contributed by atoms with Crippen LogP contribution in [0.3, 0.4) is 0 Å². The normalized spacial score (nSPS) is 23.9. The van der Waals surface area contributed by atoms with Gasteiger partial charge in [-0.3, -0.25) is 9.57 Å². The van der Waals surface area contributed by atoms with Gasteiger partial charge in [0.1, 0.15) is 0 Å². The van der Waals surface area contributed by atoms with Gasteiger partial charge in [0.05, 0.1) is 17.6 Å². The van der Waals surface area contributed by atoms with Crippen molar-refractivity contribution in [1.29, 1.82) is 4.78 Å². The van der Waals surface area contributed by atoms with Crippen LogP contribution in [0.2, 0.25) is 5.15 Å². The van der Waals surface area contributed by atoms with Crippen molar-refractivity contribution in [3.8, 4) is 0 Å². The first-order valence-electron chi connectivity index (χ1n) is 12.7. The van der Waals surface area contributed by atoms with Crippen molar-refractivity contribution < 1.29 is 22.2 Å². The zero-order valence-corrected chi connectivity index (χ0v) is 23.4. The molecular formula is C26H30ClF3N6O2S. The molecule has 4 heterocycles. The summed E-state index contributed by atoms with van der Waals surface area (Å²) in [4.78, 5) is 20.3. The van der Waals surface area contributed by atoms with E-state index in [-0.39, 0.29) is 35.3 Å². The molecular weight excluding hydrogens is 553 g/mol. The monoisotopic (exact) mass is 582 g/mol. The summed E-state index contributed by atoms with van der Waals surface area (Å²) in [6, 6.07) is 5.63. The molecule has 210 valence electrons. The summed E-state index contributed by atoms with van der Waals surface area (Å²) in [5.74, 6) is -1.26. The van der Waals surface area contributed by atoms with Crippen LogP contribution in [0.1, 0.15) is 50.4 Å². The van der Waals surface area contributed by atoms with E-state index in [2.05, 4.69) is 23.9 Å². The van der Waals surface area contributed by atoms with Crippen LogP contribution in [0.15, 0.2) is 36.5 Å². The fourth-order valence-electron chi connectivity index (χ4n) is 5.67. The van der Waals surface area contributed by atoms with Gasteiger partial charge < -0.3 is 9.80 Å². The number of aromatic nitrogens is 3. The topological polar surface area (TPSA) is 94.7 Å². The van der Waals surface area contributed by atoms with E-state index in [1.54, 1.807) is 28.9 Å². The third kappa shape index (κ3) is 5.20. The van der Waals surface area contributed by atoms with Crippen molar-refractivity contribution in [3.63, 3.8) is 0 Å². The highest BCUT2D eigenvalue weighted by atomic mass is 35.5. The second-order valence-corrected chi connectivity index (χ2v) is 13.8. The number of carbonyl (C=O) groups is 1. The zero-order valence-electron chi connectivity index (χ0n) is 21.8. The minimum atomic E-state index is -4.69. The summed E-state index contributed by atoms with van der Waals surface area (Å²) >= 11 is 6.14. The summed E-state index contributed by atoms with van der Waals surface area (Å²) in [6.45, 7) is 4.84. The number of halogens is 4. The molecule has 2 aromatic heterocycles. The molecule has 5 rings (SSSR count). The molecule has 13 heteroatoms. The van der Waals surface area contributed by atoms with Gasteiger partial charge >= 0.3 is 6.18 Å². The number of benzene rings is 1. The highest BCUT2D eigenvalue weighted by molar-refractivity contribution is 7.92. The number of anilines is 2. The Morgan fingerprint density at radius 2 is 1.87 bits per heavy atom. The lowest BCUT2D eigenvalue weighted by atomic mass is 9.81. The van der Waals surface area contributed by atoms with Crippen molar-refractivity contribution in [2.45, 2.75) is 50.7 Å². The maximum atomic E-state index is 14.3.